The molecule has 33 heavy (non-hydrogen) atoms. The third-order valence-electron chi connectivity index (χ3n) is 4.91. The van der Waals surface area contributed by atoms with Gasteiger partial charge in [-0.15, -0.1) is 0 Å². The predicted octanol–water partition coefficient (Wildman–Crippen LogP) is 4.58. The number of rotatable bonds is 7. The van der Waals surface area contributed by atoms with Crippen LogP contribution in [0.25, 0.3) is 0 Å². The third-order valence-corrected chi connectivity index (χ3v) is 4.91. The zero-order chi connectivity index (χ0) is 25.1. The van der Waals surface area contributed by atoms with Crippen LogP contribution in [0.15, 0.2) is 30.3 Å². The maximum Gasteiger partial charge on any atom is 0.269 e. The number of hydrogen-bond acceptors (Lipinski definition) is 5. The second-order valence-corrected chi connectivity index (χ2v) is 10.7. The van der Waals surface area contributed by atoms with E-state index in [2.05, 4.69) is 26.1 Å². The number of nitrogens with one attached hydrogen (secondary N) is 1. The van der Waals surface area contributed by atoms with Crippen LogP contribution in [0, 0.1) is 16.0 Å². The van der Waals surface area contributed by atoms with Gasteiger partial charge in [0.2, 0.25) is 5.91 Å². The van der Waals surface area contributed by atoms with Crippen molar-refractivity contribution in [1.29, 1.82) is 0 Å². The molecule has 0 fully saturated rings. The summed E-state index contributed by atoms with van der Waals surface area (Å²) in [5.41, 5.74) is 0.520. The first-order chi connectivity index (χ1) is 15.1. The number of nitrogens with zero attached hydrogens (tertiary/aromatic N) is 4. The second kappa shape index (κ2) is 9.72. The Morgan fingerprint density at radius 1 is 1.12 bits per heavy atom. The molecule has 0 aliphatic rings. The molecule has 1 aromatic carbocycles. The number of carbonyl (C=O) groups excluding carboxylic acids is 2. The topological polar surface area (TPSA) is 110 Å². The number of benzene rings is 1. The van der Waals surface area contributed by atoms with Crippen LogP contribution in [0.5, 0.6) is 0 Å². The van der Waals surface area contributed by atoms with Gasteiger partial charge in [-0.25, -0.2) is 4.68 Å². The first-order valence-corrected chi connectivity index (χ1v) is 11.0. The fourth-order valence-electron chi connectivity index (χ4n) is 3.27. The summed E-state index contributed by atoms with van der Waals surface area (Å²) < 4.78 is 1.79. The molecule has 2 rings (SSSR count). The van der Waals surface area contributed by atoms with E-state index in [0.717, 1.165) is 5.69 Å². The van der Waals surface area contributed by atoms with Gasteiger partial charge >= 0.3 is 0 Å². The predicted molar refractivity (Wildman–Crippen MR) is 128 cm³/mol. The van der Waals surface area contributed by atoms with E-state index in [1.165, 1.54) is 29.2 Å². The number of aromatic nitrogens is 2. The van der Waals surface area contributed by atoms with E-state index >= 15 is 0 Å². The minimum atomic E-state index is -0.516. The lowest BCUT2D eigenvalue weighted by Crippen LogP contribution is -2.40. The summed E-state index contributed by atoms with van der Waals surface area (Å²) in [6, 6.07) is 7.27. The van der Waals surface area contributed by atoms with E-state index in [1.807, 2.05) is 40.7 Å². The maximum atomic E-state index is 13.1. The molecule has 0 spiro atoms. The van der Waals surface area contributed by atoms with Gasteiger partial charge < -0.3 is 10.2 Å². The van der Waals surface area contributed by atoms with Crippen LogP contribution in [0.3, 0.4) is 0 Å². The number of carbonyl (C=O) groups is 2. The van der Waals surface area contributed by atoms with Gasteiger partial charge in [-0.05, 0) is 38.8 Å². The number of nitro groups is 1. The van der Waals surface area contributed by atoms with Crippen LogP contribution in [-0.4, -0.2) is 44.5 Å². The summed E-state index contributed by atoms with van der Waals surface area (Å²) in [5, 5.41) is 18.5. The van der Waals surface area contributed by atoms with Crippen LogP contribution in [-0.2, 0) is 15.7 Å². The average molecular weight is 458 g/mol. The van der Waals surface area contributed by atoms with E-state index in [-0.39, 0.29) is 40.9 Å². The van der Waals surface area contributed by atoms with E-state index in [9.17, 15) is 19.7 Å². The standard InChI is InChI=1S/C24H35N5O4/c1-16(2)14-27(22(31)17-9-11-18(12-10-17)29(32)33)15-21(30)25-20-13-19(23(3,4)5)26-28(20)24(6,7)8/h9-13,16H,14-15H2,1-8H3,(H,25,30). The molecule has 0 radical (unpaired) electrons. The van der Waals surface area contributed by atoms with Crippen LogP contribution in [0.1, 0.15) is 71.4 Å². The van der Waals surface area contributed by atoms with Crippen LogP contribution in [0.2, 0.25) is 0 Å². The second-order valence-electron chi connectivity index (χ2n) is 10.7. The van der Waals surface area contributed by atoms with Gasteiger partial charge in [0, 0.05) is 35.7 Å². The molecule has 9 heteroatoms. The Balaban J connectivity index is 2.26. The fraction of sp³-hybridized carbons (Fsp3) is 0.542. The molecule has 9 nitrogen and oxygen atoms in total. The van der Waals surface area contributed by atoms with Gasteiger partial charge in [0.15, 0.2) is 0 Å². The molecule has 2 amide bonds. The molecule has 0 aliphatic heterocycles. The minimum Gasteiger partial charge on any atom is -0.329 e. The highest BCUT2D eigenvalue weighted by molar-refractivity contribution is 5.99. The van der Waals surface area contributed by atoms with Crippen molar-refractivity contribution in [1.82, 2.24) is 14.7 Å². The van der Waals surface area contributed by atoms with Gasteiger partial charge in [-0.2, -0.15) is 5.10 Å². The first kappa shape index (κ1) is 26.0. The molecular formula is C24H35N5O4. The molecule has 0 unspecified atom stereocenters. The summed E-state index contributed by atoms with van der Waals surface area (Å²) in [5.74, 6) is 0.0160. The first-order valence-electron chi connectivity index (χ1n) is 11.0. The summed E-state index contributed by atoms with van der Waals surface area (Å²) >= 11 is 0. The van der Waals surface area contributed by atoms with Crippen molar-refractivity contribution in [3.63, 3.8) is 0 Å². The van der Waals surface area contributed by atoms with Crippen LogP contribution >= 0.6 is 0 Å². The molecule has 0 bridgehead atoms. The van der Waals surface area contributed by atoms with Crippen molar-refractivity contribution in [2.45, 2.75) is 66.3 Å². The molecule has 180 valence electrons. The number of nitro benzene ring substituents is 1. The fourth-order valence-corrected chi connectivity index (χ4v) is 3.27. The lowest BCUT2D eigenvalue weighted by Gasteiger charge is -2.25. The third kappa shape index (κ3) is 6.87. The molecule has 0 aliphatic carbocycles. The average Bonchev–Trinajstić information content (AvgIpc) is 3.11. The van der Waals surface area contributed by atoms with E-state index in [1.54, 1.807) is 4.68 Å². The summed E-state index contributed by atoms with van der Waals surface area (Å²) in [4.78, 5) is 37.9. The highest BCUT2D eigenvalue weighted by Gasteiger charge is 2.27. The highest BCUT2D eigenvalue weighted by Crippen LogP contribution is 2.28. The molecular weight excluding hydrogens is 422 g/mol. The van der Waals surface area contributed by atoms with E-state index in [4.69, 9.17) is 5.10 Å². The van der Waals surface area contributed by atoms with Gasteiger partial charge in [-0.1, -0.05) is 34.6 Å². The zero-order valence-electron chi connectivity index (χ0n) is 20.8. The summed E-state index contributed by atoms with van der Waals surface area (Å²) in [6.45, 7) is 16.3. The van der Waals surface area contributed by atoms with Gasteiger partial charge in [0.25, 0.3) is 11.6 Å². The molecule has 0 saturated heterocycles. The van der Waals surface area contributed by atoms with Crippen molar-refractivity contribution in [3.8, 4) is 0 Å². The Labute approximate surface area is 195 Å². The van der Waals surface area contributed by atoms with Crippen molar-refractivity contribution in [2.75, 3.05) is 18.4 Å². The molecule has 0 saturated carbocycles. The van der Waals surface area contributed by atoms with Crippen molar-refractivity contribution < 1.29 is 14.5 Å². The number of amides is 2. The van der Waals surface area contributed by atoms with Gasteiger partial charge in [0.05, 0.1) is 16.2 Å². The quantitative estimate of drug-likeness (QED) is 0.483. The smallest absolute Gasteiger partial charge is 0.269 e. The maximum absolute atomic E-state index is 13.1. The van der Waals surface area contributed by atoms with Crippen molar-refractivity contribution in [2.24, 2.45) is 5.92 Å². The Hall–Kier alpha value is -3.23. The van der Waals surface area contributed by atoms with E-state index < -0.39 is 4.92 Å². The zero-order valence-corrected chi connectivity index (χ0v) is 20.8. The number of anilines is 1. The monoisotopic (exact) mass is 457 g/mol. The van der Waals surface area contributed by atoms with Gasteiger partial charge in [0.1, 0.15) is 12.4 Å². The number of non-ortho nitro benzene ring substituents is 1. The lowest BCUT2D eigenvalue weighted by atomic mass is 9.92. The molecule has 1 heterocycles. The summed E-state index contributed by atoms with van der Waals surface area (Å²) in [6.07, 6.45) is 0. The highest BCUT2D eigenvalue weighted by atomic mass is 16.6. The largest absolute Gasteiger partial charge is 0.329 e. The minimum absolute atomic E-state index is 0.0928. The Kier molecular flexibility index (Phi) is 7.67. The number of hydrogen-bond donors (Lipinski definition) is 1. The Bertz CT molecular complexity index is 1010. The lowest BCUT2D eigenvalue weighted by molar-refractivity contribution is -0.384. The molecule has 1 N–H and O–H groups in total. The van der Waals surface area contributed by atoms with Crippen molar-refractivity contribution >= 4 is 23.3 Å². The molecule has 0 atom stereocenters. The van der Waals surface area contributed by atoms with Crippen molar-refractivity contribution in [3.05, 3.63) is 51.7 Å². The summed E-state index contributed by atoms with van der Waals surface area (Å²) in [7, 11) is 0. The molecule has 2 aromatic rings. The van der Waals surface area contributed by atoms with Crippen LogP contribution in [0.4, 0.5) is 11.5 Å². The Morgan fingerprint density at radius 3 is 2.15 bits per heavy atom. The Morgan fingerprint density at radius 2 is 1.70 bits per heavy atom. The molecule has 1 aromatic heterocycles. The SMILES string of the molecule is CC(C)CN(CC(=O)Nc1cc(C(C)(C)C)nn1C(C)(C)C)C(=O)c1ccc([N+](=O)[O-])cc1. The van der Waals surface area contributed by atoms with E-state index in [0.29, 0.717) is 17.9 Å². The van der Waals surface area contributed by atoms with Crippen LogP contribution < -0.4 is 5.32 Å². The normalized spacial score (nSPS) is 12.0. The van der Waals surface area contributed by atoms with Gasteiger partial charge in [-0.3, -0.25) is 19.7 Å².